The second kappa shape index (κ2) is 17.3. The molecular formula is C71H46N2OS. The lowest BCUT2D eigenvalue weighted by atomic mass is 9.64. The molecule has 3 nitrogen and oxygen atoms in total. The summed E-state index contributed by atoms with van der Waals surface area (Å²) in [4.78, 5) is 6.22. The molecule has 0 saturated carbocycles. The third-order valence-corrected chi connectivity index (χ3v) is 16.7. The Hall–Kier alpha value is -9.48. The van der Waals surface area contributed by atoms with Crippen molar-refractivity contribution in [3.63, 3.8) is 0 Å². The van der Waals surface area contributed by atoms with Gasteiger partial charge in [0.25, 0.3) is 0 Å². The van der Waals surface area contributed by atoms with Gasteiger partial charge in [0.1, 0.15) is 11.3 Å². The first kappa shape index (κ1) is 43.1. The largest absolute Gasteiger partial charge is 0.456 e. The third-order valence-electron chi connectivity index (χ3n) is 15.5. The minimum Gasteiger partial charge on any atom is -0.456 e. The zero-order valence-corrected chi connectivity index (χ0v) is 41.6. The van der Waals surface area contributed by atoms with Crippen LogP contribution >= 0.6 is 11.3 Å². The summed E-state index contributed by atoms with van der Waals surface area (Å²) in [5.41, 5.74) is 21.4. The molecule has 1 spiro atoms. The Kier molecular flexibility index (Phi) is 9.97. The van der Waals surface area contributed by atoms with E-state index in [1.54, 1.807) is 0 Å². The lowest BCUT2D eigenvalue weighted by Crippen LogP contribution is -2.36. The molecule has 0 radical (unpaired) electrons. The summed E-state index contributed by atoms with van der Waals surface area (Å²) < 4.78 is 7.92. The molecule has 352 valence electrons. The van der Waals surface area contributed by atoms with E-state index in [4.69, 9.17) is 4.42 Å². The number of thiophene rings is 1. The van der Waals surface area contributed by atoms with Gasteiger partial charge in [0, 0.05) is 54.0 Å². The zero-order chi connectivity index (χ0) is 49.5. The van der Waals surface area contributed by atoms with Crippen LogP contribution in [0, 0.1) is 0 Å². The maximum atomic E-state index is 6.64. The molecule has 3 heterocycles. The predicted octanol–water partition coefficient (Wildman–Crippen LogP) is 19.9. The molecule has 0 N–H and O–H groups in total. The number of furan rings is 1. The van der Waals surface area contributed by atoms with E-state index in [1.807, 2.05) is 17.4 Å². The monoisotopic (exact) mass is 974 g/mol. The quantitative estimate of drug-likeness (QED) is 0.151. The molecule has 1 aliphatic heterocycles. The molecule has 13 aromatic rings. The van der Waals surface area contributed by atoms with E-state index in [-0.39, 0.29) is 0 Å². The van der Waals surface area contributed by atoms with Gasteiger partial charge in [0.05, 0.1) is 28.2 Å². The van der Waals surface area contributed by atoms with E-state index in [0.29, 0.717) is 0 Å². The number of para-hydroxylation sites is 4. The summed E-state index contributed by atoms with van der Waals surface area (Å²) >= 11 is 1.86. The molecule has 2 aromatic heterocycles. The standard InChI is InChI=1S/C71H46N2OS/c1-4-21-47(22-5-1)65-46-51-40-39-50(45-66(51)74-65)54-27-11-16-34-61(54)72(53-43-41-49(42-44-53)70-68(48-23-6-2-7-24-48)56-29-12-19-38-67(56)75-70)64-37-20-33-60-69(64)55-28-10-13-30-57(55)71(60)58-31-14-17-35-62(58)73(52-25-8-3-9-26-52)63-36-18-15-32-59(63)71/h1-46H. The highest BCUT2D eigenvalue weighted by Gasteiger charge is 2.52. The van der Waals surface area contributed by atoms with Gasteiger partial charge in [-0.2, -0.15) is 0 Å². The van der Waals surface area contributed by atoms with Crippen molar-refractivity contribution < 1.29 is 4.42 Å². The Balaban J connectivity index is 0.968. The topological polar surface area (TPSA) is 19.6 Å². The van der Waals surface area contributed by atoms with Crippen molar-refractivity contribution in [3.05, 3.63) is 301 Å². The smallest absolute Gasteiger partial charge is 0.135 e. The van der Waals surface area contributed by atoms with Crippen molar-refractivity contribution >= 4 is 66.5 Å². The van der Waals surface area contributed by atoms with E-state index in [2.05, 4.69) is 283 Å². The molecule has 0 amide bonds. The second-order valence-corrected chi connectivity index (χ2v) is 20.5. The summed E-state index contributed by atoms with van der Waals surface area (Å²) in [6.45, 7) is 0. The molecule has 15 rings (SSSR count). The number of benzene rings is 11. The highest BCUT2D eigenvalue weighted by atomic mass is 32.1. The highest BCUT2D eigenvalue weighted by Crippen LogP contribution is 2.65. The Labute approximate surface area is 440 Å². The average Bonchev–Trinajstić information content (AvgIpc) is 4.19. The van der Waals surface area contributed by atoms with Crippen LogP contribution in [-0.4, -0.2) is 0 Å². The van der Waals surface area contributed by atoms with Crippen LogP contribution in [0.4, 0.5) is 34.1 Å². The van der Waals surface area contributed by atoms with E-state index < -0.39 is 5.41 Å². The molecular weight excluding hydrogens is 929 g/mol. The summed E-state index contributed by atoms with van der Waals surface area (Å²) in [5.74, 6) is 0.858. The Morgan fingerprint density at radius 1 is 0.387 bits per heavy atom. The predicted molar refractivity (Wildman–Crippen MR) is 314 cm³/mol. The second-order valence-electron chi connectivity index (χ2n) is 19.5. The van der Waals surface area contributed by atoms with Crippen LogP contribution in [0.5, 0.6) is 0 Å². The maximum Gasteiger partial charge on any atom is 0.135 e. The van der Waals surface area contributed by atoms with E-state index >= 15 is 0 Å². The SMILES string of the molecule is c1ccc(-c2cc3ccc(-c4ccccc4N(c4ccc(-c5sc6ccccc6c5-c5ccccc5)cc4)c4cccc5c4-c4ccccc4C54c5ccccc5N(c5ccccc5)c5ccccc54)cc3o2)cc1. The van der Waals surface area contributed by atoms with Crippen LogP contribution < -0.4 is 9.80 Å². The zero-order valence-electron chi connectivity index (χ0n) is 40.8. The summed E-state index contributed by atoms with van der Waals surface area (Å²) in [6.07, 6.45) is 0. The van der Waals surface area contributed by atoms with Gasteiger partial charge < -0.3 is 14.2 Å². The summed E-state index contributed by atoms with van der Waals surface area (Å²) in [5, 5.41) is 2.35. The first-order valence-corrected chi connectivity index (χ1v) is 26.5. The molecule has 75 heavy (non-hydrogen) atoms. The molecule has 0 saturated heterocycles. The van der Waals surface area contributed by atoms with Crippen LogP contribution in [0.1, 0.15) is 22.3 Å². The van der Waals surface area contributed by atoms with Crippen molar-refractivity contribution in [2.45, 2.75) is 5.41 Å². The maximum absolute atomic E-state index is 6.64. The highest BCUT2D eigenvalue weighted by molar-refractivity contribution is 7.23. The Morgan fingerprint density at radius 2 is 0.960 bits per heavy atom. The van der Waals surface area contributed by atoms with Crippen LogP contribution in [-0.2, 0) is 5.41 Å². The fourth-order valence-corrected chi connectivity index (χ4v) is 13.6. The average molecular weight is 975 g/mol. The van der Waals surface area contributed by atoms with Gasteiger partial charge >= 0.3 is 0 Å². The van der Waals surface area contributed by atoms with Gasteiger partial charge in [-0.05, 0) is 111 Å². The fraction of sp³-hybridized carbons (Fsp3) is 0.0141. The molecule has 2 aliphatic rings. The number of anilines is 6. The van der Waals surface area contributed by atoms with Crippen LogP contribution in [0.3, 0.4) is 0 Å². The van der Waals surface area contributed by atoms with E-state index in [1.165, 1.54) is 76.4 Å². The molecule has 0 unspecified atom stereocenters. The van der Waals surface area contributed by atoms with Gasteiger partial charge in [0.15, 0.2) is 0 Å². The number of rotatable bonds is 8. The van der Waals surface area contributed by atoms with Gasteiger partial charge in [-0.1, -0.05) is 212 Å². The first-order valence-electron chi connectivity index (χ1n) is 25.7. The van der Waals surface area contributed by atoms with Crippen molar-refractivity contribution in [2.24, 2.45) is 0 Å². The van der Waals surface area contributed by atoms with E-state index in [0.717, 1.165) is 56.2 Å². The van der Waals surface area contributed by atoms with Gasteiger partial charge in [0.2, 0.25) is 0 Å². The van der Waals surface area contributed by atoms with Gasteiger partial charge in [-0.3, -0.25) is 0 Å². The lowest BCUT2D eigenvalue weighted by Gasteiger charge is -2.45. The van der Waals surface area contributed by atoms with Crippen molar-refractivity contribution in [2.75, 3.05) is 9.80 Å². The molecule has 1 aliphatic carbocycles. The van der Waals surface area contributed by atoms with Gasteiger partial charge in [-0.15, -0.1) is 11.3 Å². The molecule has 0 atom stereocenters. The molecule has 4 heteroatoms. The molecule has 0 fully saturated rings. The Bertz CT molecular complexity index is 4260. The number of fused-ring (bicyclic) bond motifs is 11. The lowest BCUT2D eigenvalue weighted by molar-refractivity contribution is 0.632. The number of nitrogens with zero attached hydrogens (tertiary/aromatic N) is 2. The minimum absolute atomic E-state index is 0.620. The minimum atomic E-state index is -0.620. The van der Waals surface area contributed by atoms with Crippen LogP contribution in [0.2, 0.25) is 0 Å². The van der Waals surface area contributed by atoms with Gasteiger partial charge in [-0.25, -0.2) is 0 Å². The number of hydrogen-bond donors (Lipinski definition) is 0. The summed E-state index contributed by atoms with van der Waals surface area (Å²) in [6, 6.07) is 102. The number of hydrogen-bond acceptors (Lipinski definition) is 4. The van der Waals surface area contributed by atoms with Crippen molar-refractivity contribution in [1.82, 2.24) is 0 Å². The third kappa shape index (κ3) is 6.67. The Morgan fingerprint density at radius 3 is 1.71 bits per heavy atom. The van der Waals surface area contributed by atoms with Crippen LogP contribution in [0.15, 0.2) is 283 Å². The fourth-order valence-electron chi connectivity index (χ4n) is 12.3. The van der Waals surface area contributed by atoms with E-state index in [9.17, 15) is 0 Å². The summed E-state index contributed by atoms with van der Waals surface area (Å²) in [7, 11) is 0. The van der Waals surface area contributed by atoms with Crippen LogP contribution in [0.25, 0.3) is 76.2 Å². The normalized spacial score (nSPS) is 12.9. The molecule has 11 aromatic carbocycles. The first-order chi connectivity index (χ1) is 37.2. The van der Waals surface area contributed by atoms with Crippen molar-refractivity contribution in [1.29, 1.82) is 0 Å². The van der Waals surface area contributed by atoms with Crippen molar-refractivity contribution in [3.8, 4) is 55.1 Å². The molecule has 0 bridgehead atoms.